The predicted molar refractivity (Wildman–Crippen MR) is 117 cm³/mol. The quantitative estimate of drug-likeness (QED) is 0.490. The van der Waals surface area contributed by atoms with E-state index in [2.05, 4.69) is 10.1 Å². The first kappa shape index (κ1) is 20.7. The third kappa shape index (κ3) is 3.38. The van der Waals surface area contributed by atoms with Crippen molar-refractivity contribution >= 4 is 37.5 Å². The van der Waals surface area contributed by atoms with E-state index in [9.17, 15) is 17.6 Å². The van der Waals surface area contributed by atoms with Crippen LogP contribution in [-0.4, -0.2) is 33.4 Å². The third-order valence-electron chi connectivity index (χ3n) is 5.52. The summed E-state index contributed by atoms with van der Waals surface area (Å²) in [6.07, 6.45) is 1.43. The van der Waals surface area contributed by atoms with Crippen molar-refractivity contribution in [3.8, 4) is 0 Å². The monoisotopic (exact) mass is 471 g/mol. The molecule has 3 heterocycles. The van der Waals surface area contributed by atoms with Crippen LogP contribution in [0.25, 0.3) is 10.2 Å². The van der Waals surface area contributed by atoms with Gasteiger partial charge in [0.25, 0.3) is 10.0 Å². The second kappa shape index (κ2) is 7.47. The van der Waals surface area contributed by atoms with Gasteiger partial charge in [-0.05, 0) is 42.3 Å². The van der Waals surface area contributed by atoms with Crippen molar-refractivity contribution in [2.45, 2.75) is 31.0 Å². The predicted octanol–water partition coefficient (Wildman–Crippen LogP) is 2.72. The summed E-state index contributed by atoms with van der Waals surface area (Å²) < 4.78 is 41.3. The van der Waals surface area contributed by atoms with E-state index in [0.717, 1.165) is 14.3 Å². The number of benzene rings is 2. The maximum atomic E-state index is 13.5. The molecule has 1 unspecified atom stereocenters. The van der Waals surface area contributed by atoms with E-state index >= 15 is 0 Å². The fraction of sp³-hybridized carbons (Fsp3) is 0.190. The van der Waals surface area contributed by atoms with Crippen molar-refractivity contribution in [3.63, 3.8) is 0 Å². The summed E-state index contributed by atoms with van der Waals surface area (Å²) in [5, 5.41) is 4.23. The molecule has 8 nitrogen and oxygen atoms in total. The van der Waals surface area contributed by atoms with Gasteiger partial charge < -0.3 is 10.6 Å². The van der Waals surface area contributed by atoms with Gasteiger partial charge in [-0.15, -0.1) is 11.3 Å². The highest BCUT2D eigenvalue weighted by Gasteiger charge is 2.32. The maximum Gasteiger partial charge on any atom is 0.283 e. The average molecular weight is 472 g/mol. The van der Waals surface area contributed by atoms with Gasteiger partial charge in [-0.1, -0.05) is 12.1 Å². The summed E-state index contributed by atoms with van der Waals surface area (Å²) in [7, 11) is -3.87. The largest absolute Gasteiger partial charge is 0.331 e. The molecule has 2 aromatic heterocycles. The number of halogens is 1. The molecule has 0 aliphatic carbocycles. The molecule has 0 saturated carbocycles. The van der Waals surface area contributed by atoms with Gasteiger partial charge >= 0.3 is 0 Å². The van der Waals surface area contributed by atoms with Gasteiger partial charge in [0, 0.05) is 18.3 Å². The number of aryl methyl sites for hydroxylation is 1. The number of rotatable bonds is 4. The van der Waals surface area contributed by atoms with Crippen LogP contribution in [0.5, 0.6) is 0 Å². The van der Waals surface area contributed by atoms with Crippen molar-refractivity contribution in [3.05, 3.63) is 76.3 Å². The Morgan fingerprint density at radius 1 is 1.22 bits per heavy atom. The number of hydrogen-bond acceptors (Lipinski definition) is 7. The SMILES string of the molecule is Cc1cc(C(N)C(=O)N2Cc3cn(S(=O)(=O)c4ccc5ncsc5c4)nc3C2)ccc1F. The number of fused-ring (bicyclic) bond motifs is 2. The van der Waals surface area contributed by atoms with E-state index in [1.165, 1.54) is 40.6 Å². The minimum Gasteiger partial charge on any atom is -0.331 e. The van der Waals surface area contributed by atoms with Crippen LogP contribution in [0.1, 0.15) is 28.4 Å². The topological polar surface area (TPSA) is 111 Å². The van der Waals surface area contributed by atoms with Crippen molar-refractivity contribution in [2.75, 3.05) is 0 Å². The van der Waals surface area contributed by atoms with Crippen molar-refractivity contribution in [1.82, 2.24) is 19.1 Å². The standard InChI is InChI=1S/C21H18FN5O3S2/c1-12-6-13(2-4-16(12)22)20(23)21(28)26-8-14-9-27(25-18(14)10-26)32(29,30)15-3-5-17-19(7-15)31-11-24-17/h2-7,9,11,20H,8,10,23H2,1H3. The Kier molecular flexibility index (Phi) is 4.84. The van der Waals surface area contributed by atoms with Crippen molar-refractivity contribution in [1.29, 1.82) is 0 Å². The van der Waals surface area contributed by atoms with Gasteiger partial charge in [0.15, 0.2) is 0 Å². The van der Waals surface area contributed by atoms with Gasteiger partial charge in [0.05, 0.1) is 32.9 Å². The molecule has 0 fully saturated rings. The zero-order chi connectivity index (χ0) is 22.6. The molecule has 2 aromatic carbocycles. The molecule has 1 atom stereocenters. The molecule has 0 radical (unpaired) electrons. The Labute approximate surface area is 187 Å². The lowest BCUT2D eigenvalue weighted by molar-refractivity contribution is -0.133. The molecule has 5 rings (SSSR count). The summed E-state index contributed by atoms with van der Waals surface area (Å²) >= 11 is 1.36. The minimum atomic E-state index is -3.87. The number of carbonyl (C=O) groups excluding carboxylic acids is 1. The summed E-state index contributed by atoms with van der Waals surface area (Å²) in [5.74, 6) is -0.696. The van der Waals surface area contributed by atoms with E-state index in [4.69, 9.17) is 5.73 Å². The Morgan fingerprint density at radius 3 is 2.78 bits per heavy atom. The number of thiazole rings is 1. The lowest BCUT2D eigenvalue weighted by atomic mass is 10.0. The fourth-order valence-corrected chi connectivity index (χ4v) is 5.70. The van der Waals surface area contributed by atoms with Crippen LogP contribution in [-0.2, 0) is 27.9 Å². The molecule has 0 saturated heterocycles. The number of nitrogens with zero attached hydrogens (tertiary/aromatic N) is 4. The van der Waals surface area contributed by atoms with Crippen LogP contribution in [0.4, 0.5) is 4.39 Å². The first-order valence-electron chi connectivity index (χ1n) is 9.71. The smallest absolute Gasteiger partial charge is 0.283 e. The number of carbonyl (C=O) groups is 1. The zero-order valence-corrected chi connectivity index (χ0v) is 18.5. The minimum absolute atomic E-state index is 0.122. The normalized spacial score (nSPS) is 14.7. The van der Waals surface area contributed by atoms with Crippen molar-refractivity contribution < 1.29 is 17.6 Å². The summed E-state index contributed by atoms with van der Waals surface area (Å²) in [6.45, 7) is 1.96. The Balaban J connectivity index is 1.36. The maximum absolute atomic E-state index is 13.5. The highest BCUT2D eigenvalue weighted by molar-refractivity contribution is 7.89. The molecule has 164 valence electrons. The Hall–Kier alpha value is -3.15. The highest BCUT2D eigenvalue weighted by Crippen LogP contribution is 2.28. The van der Waals surface area contributed by atoms with Crippen LogP contribution in [0.3, 0.4) is 0 Å². The average Bonchev–Trinajstić information content (AvgIpc) is 3.48. The fourth-order valence-electron chi connectivity index (χ4n) is 3.71. The molecule has 0 spiro atoms. The Morgan fingerprint density at radius 2 is 2.03 bits per heavy atom. The summed E-state index contributed by atoms with van der Waals surface area (Å²) in [6, 6.07) is 8.13. The van der Waals surface area contributed by atoms with E-state index in [-0.39, 0.29) is 29.7 Å². The Bertz CT molecular complexity index is 1450. The lowest BCUT2D eigenvalue weighted by Gasteiger charge is -2.21. The van der Waals surface area contributed by atoms with Crippen LogP contribution < -0.4 is 5.73 Å². The number of hydrogen-bond donors (Lipinski definition) is 1. The van der Waals surface area contributed by atoms with Gasteiger partial charge in [0.2, 0.25) is 5.91 Å². The third-order valence-corrected chi connectivity index (χ3v) is 7.84. The molecule has 0 bridgehead atoms. The summed E-state index contributed by atoms with van der Waals surface area (Å²) in [5.41, 5.74) is 10.6. The van der Waals surface area contributed by atoms with Gasteiger partial charge in [-0.3, -0.25) is 4.79 Å². The van der Waals surface area contributed by atoms with E-state index in [0.29, 0.717) is 22.4 Å². The molecule has 11 heteroatoms. The molecule has 1 aliphatic rings. The van der Waals surface area contributed by atoms with E-state index in [1.807, 2.05) is 0 Å². The van der Waals surface area contributed by atoms with Crippen LogP contribution in [0.2, 0.25) is 0 Å². The number of amides is 1. The van der Waals surface area contributed by atoms with E-state index in [1.54, 1.807) is 30.6 Å². The molecule has 1 aliphatic heterocycles. The van der Waals surface area contributed by atoms with E-state index < -0.39 is 16.1 Å². The first-order chi connectivity index (χ1) is 15.2. The first-order valence-corrected chi connectivity index (χ1v) is 12.0. The molecular formula is C21H18FN5O3S2. The highest BCUT2D eigenvalue weighted by atomic mass is 32.2. The number of nitrogens with two attached hydrogens (primary N) is 1. The molecule has 4 aromatic rings. The van der Waals surface area contributed by atoms with Crippen LogP contribution >= 0.6 is 11.3 Å². The molecule has 2 N–H and O–H groups in total. The van der Waals surface area contributed by atoms with Crippen LogP contribution in [0.15, 0.2) is 53.0 Å². The molecular weight excluding hydrogens is 453 g/mol. The second-order valence-electron chi connectivity index (χ2n) is 7.64. The number of aromatic nitrogens is 3. The van der Waals surface area contributed by atoms with Gasteiger partial charge in [0.1, 0.15) is 11.9 Å². The molecule has 32 heavy (non-hydrogen) atoms. The molecule has 1 amide bonds. The van der Waals surface area contributed by atoms with Crippen molar-refractivity contribution in [2.24, 2.45) is 5.73 Å². The summed E-state index contributed by atoms with van der Waals surface area (Å²) in [4.78, 5) is 18.7. The second-order valence-corrected chi connectivity index (χ2v) is 10.3. The zero-order valence-electron chi connectivity index (χ0n) is 16.9. The van der Waals surface area contributed by atoms with Crippen LogP contribution in [0, 0.1) is 12.7 Å². The van der Waals surface area contributed by atoms with Gasteiger partial charge in [-0.2, -0.15) is 17.6 Å². The lowest BCUT2D eigenvalue weighted by Crippen LogP contribution is -2.35. The van der Waals surface area contributed by atoms with Gasteiger partial charge in [-0.25, -0.2) is 9.37 Å².